The van der Waals surface area contributed by atoms with E-state index in [1.54, 1.807) is 6.92 Å². The van der Waals surface area contributed by atoms with Crippen LogP contribution in [0, 0.1) is 5.92 Å². The van der Waals surface area contributed by atoms with Crippen molar-refractivity contribution in [3.8, 4) is 11.1 Å². The number of carbonyl (C=O) groups is 3. The van der Waals surface area contributed by atoms with Crippen LogP contribution in [-0.2, 0) is 20.9 Å². The summed E-state index contributed by atoms with van der Waals surface area (Å²) in [5, 5.41) is 2.72. The number of nitrogens with zero attached hydrogens (tertiary/aromatic N) is 1. The maximum absolute atomic E-state index is 12.7. The van der Waals surface area contributed by atoms with Crippen molar-refractivity contribution < 1.29 is 19.1 Å². The number of nitrogens with one attached hydrogen (secondary N) is 1. The maximum Gasteiger partial charge on any atom is 0.326 e. The molecule has 30 heavy (non-hydrogen) atoms. The first-order valence-corrected chi connectivity index (χ1v) is 10.2. The number of carbonyl (C=O) groups excluding carboxylic acids is 3. The number of esters is 1. The average molecular weight is 408 g/mol. The fourth-order valence-corrected chi connectivity index (χ4v) is 3.40. The molecule has 2 aromatic rings. The van der Waals surface area contributed by atoms with Gasteiger partial charge in [-0.05, 0) is 42.4 Å². The molecule has 0 bridgehead atoms. The monoisotopic (exact) mass is 408 g/mol. The second-order valence-electron chi connectivity index (χ2n) is 8.31. The highest BCUT2D eigenvalue weighted by Crippen LogP contribution is 2.25. The smallest absolute Gasteiger partial charge is 0.326 e. The molecule has 3 amide bonds. The van der Waals surface area contributed by atoms with Gasteiger partial charge in [0.05, 0.1) is 0 Å². The molecular formula is C24H28N2O4. The molecule has 1 aliphatic rings. The van der Waals surface area contributed by atoms with Crippen LogP contribution in [0.25, 0.3) is 11.1 Å². The van der Waals surface area contributed by atoms with Gasteiger partial charge in [-0.1, -0.05) is 68.4 Å². The lowest BCUT2D eigenvalue weighted by Gasteiger charge is -2.22. The van der Waals surface area contributed by atoms with Crippen molar-refractivity contribution in [2.45, 2.75) is 45.8 Å². The molecule has 1 aliphatic heterocycles. The van der Waals surface area contributed by atoms with Crippen LogP contribution in [0.1, 0.15) is 39.2 Å². The summed E-state index contributed by atoms with van der Waals surface area (Å²) >= 11 is 0. The second kappa shape index (κ2) is 9.11. The Kier molecular flexibility index (Phi) is 6.55. The van der Waals surface area contributed by atoms with Crippen LogP contribution in [0.2, 0.25) is 0 Å². The summed E-state index contributed by atoms with van der Waals surface area (Å²) in [6.07, 6.45) is 1.34. The summed E-state index contributed by atoms with van der Waals surface area (Å²) < 4.78 is 5.29. The minimum absolute atomic E-state index is 0.0855. The Morgan fingerprint density at radius 1 is 1.03 bits per heavy atom. The van der Waals surface area contributed by atoms with E-state index in [0.29, 0.717) is 12.3 Å². The first-order valence-electron chi connectivity index (χ1n) is 10.2. The van der Waals surface area contributed by atoms with Gasteiger partial charge in [-0.3, -0.25) is 14.5 Å². The van der Waals surface area contributed by atoms with E-state index in [2.05, 4.69) is 19.2 Å². The molecule has 6 heteroatoms. The molecule has 0 saturated carbocycles. The van der Waals surface area contributed by atoms with Crippen molar-refractivity contribution in [2.75, 3.05) is 6.54 Å². The molecule has 0 aromatic heterocycles. The maximum atomic E-state index is 12.7. The SMILES string of the molecule is CC(C)CC[C@]1(C)NC(=O)N(CC(=O)OCc2ccc(-c3ccccc3)cc2)C1=O. The van der Waals surface area contributed by atoms with E-state index in [9.17, 15) is 14.4 Å². The van der Waals surface area contributed by atoms with E-state index in [4.69, 9.17) is 4.74 Å². The summed E-state index contributed by atoms with van der Waals surface area (Å²) in [4.78, 5) is 38.1. The Balaban J connectivity index is 1.53. The minimum Gasteiger partial charge on any atom is -0.459 e. The fourth-order valence-electron chi connectivity index (χ4n) is 3.40. The van der Waals surface area contributed by atoms with Crippen molar-refractivity contribution in [3.05, 3.63) is 60.2 Å². The lowest BCUT2D eigenvalue weighted by atomic mass is 9.92. The molecule has 0 unspecified atom stereocenters. The molecule has 158 valence electrons. The summed E-state index contributed by atoms with van der Waals surface area (Å²) in [5.41, 5.74) is 2.06. The molecule has 0 spiro atoms. The third-order valence-electron chi connectivity index (χ3n) is 5.31. The van der Waals surface area contributed by atoms with Gasteiger partial charge in [0.1, 0.15) is 18.7 Å². The van der Waals surface area contributed by atoms with Gasteiger partial charge >= 0.3 is 12.0 Å². The third kappa shape index (κ3) is 5.06. The number of hydrogen-bond donors (Lipinski definition) is 1. The first-order chi connectivity index (χ1) is 14.3. The summed E-state index contributed by atoms with van der Waals surface area (Å²) in [7, 11) is 0. The van der Waals surface area contributed by atoms with Crippen LogP contribution in [0.15, 0.2) is 54.6 Å². The molecule has 2 aromatic carbocycles. The van der Waals surface area contributed by atoms with Gasteiger partial charge in [-0.25, -0.2) is 4.79 Å². The van der Waals surface area contributed by atoms with Crippen molar-refractivity contribution in [3.63, 3.8) is 0 Å². The first kappa shape index (κ1) is 21.6. The molecule has 6 nitrogen and oxygen atoms in total. The highest BCUT2D eigenvalue weighted by Gasteiger charge is 2.48. The molecule has 0 aliphatic carbocycles. The van der Waals surface area contributed by atoms with Gasteiger partial charge in [-0.15, -0.1) is 0 Å². The van der Waals surface area contributed by atoms with E-state index in [1.807, 2.05) is 54.6 Å². The lowest BCUT2D eigenvalue weighted by Crippen LogP contribution is -2.44. The number of imide groups is 1. The Hall–Kier alpha value is -3.15. The zero-order valence-corrected chi connectivity index (χ0v) is 17.7. The molecule has 0 radical (unpaired) electrons. The van der Waals surface area contributed by atoms with Crippen LogP contribution in [-0.4, -0.2) is 34.9 Å². The molecule has 1 fully saturated rings. The van der Waals surface area contributed by atoms with Crippen LogP contribution in [0.5, 0.6) is 0 Å². The molecule has 3 rings (SSSR count). The largest absolute Gasteiger partial charge is 0.459 e. The zero-order chi connectivity index (χ0) is 21.7. The number of ether oxygens (including phenoxy) is 1. The van der Waals surface area contributed by atoms with Crippen LogP contribution in [0.4, 0.5) is 4.79 Å². The minimum atomic E-state index is -0.963. The van der Waals surface area contributed by atoms with E-state index in [0.717, 1.165) is 28.0 Å². The van der Waals surface area contributed by atoms with Crippen LogP contribution in [0.3, 0.4) is 0 Å². The van der Waals surface area contributed by atoms with Crippen LogP contribution >= 0.6 is 0 Å². The predicted octanol–water partition coefficient (Wildman–Crippen LogP) is 4.14. The van der Waals surface area contributed by atoms with Crippen LogP contribution < -0.4 is 5.32 Å². The van der Waals surface area contributed by atoms with E-state index in [-0.39, 0.29) is 19.1 Å². The normalized spacial score (nSPS) is 18.6. The van der Waals surface area contributed by atoms with E-state index < -0.39 is 17.5 Å². The number of urea groups is 1. The summed E-state index contributed by atoms with van der Waals surface area (Å²) in [5.74, 6) is -0.574. The van der Waals surface area contributed by atoms with Gasteiger partial charge in [0, 0.05) is 0 Å². The highest BCUT2D eigenvalue weighted by atomic mass is 16.5. The van der Waals surface area contributed by atoms with Crippen molar-refractivity contribution in [1.29, 1.82) is 0 Å². The topological polar surface area (TPSA) is 75.7 Å². The summed E-state index contributed by atoms with van der Waals surface area (Å²) in [6.45, 7) is 5.53. The molecule has 1 heterocycles. The molecule has 1 saturated heterocycles. The predicted molar refractivity (Wildman–Crippen MR) is 114 cm³/mol. The quantitative estimate of drug-likeness (QED) is 0.526. The van der Waals surface area contributed by atoms with Gasteiger partial charge in [-0.2, -0.15) is 0 Å². The third-order valence-corrected chi connectivity index (χ3v) is 5.31. The second-order valence-corrected chi connectivity index (χ2v) is 8.31. The Bertz CT molecular complexity index is 909. The number of rotatable bonds is 8. The summed E-state index contributed by atoms with van der Waals surface area (Å²) in [6, 6.07) is 17.2. The Morgan fingerprint density at radius 3 is 2.30 bits per heavy atom. The van der Waals surface area contributed by atoms with Crippen molar-refractivity contribution in [1.82, 2.24) is 10.2 Å². The zero-order valence-electron chi connectivity index (χ0n) is 17.7. The standard InChI is InChI=1S/C24H28N2O4/c1-17(2)13-14-24(3)22(28)26(23(29)25-24)15-21(27)30-16-18-9-11-20(12-10-18)19-7-5-4-6-8-19/h4-12,17H,13-16H2,1-3H3,(H,25,29)/t24-/m0/s1. The molecule has 1 N–H and O–H groups in total. The van der Waals surface area contributed by atoms with Gasteiger partial charge in [0.25, 0.3) is 5.91 Å². The van der Waals surface area contributed by atoms with Gasteiger partial charge in [0.15, 0.2) is 0 Å². The van der Waals surface area contributed by atoms with Gasteiger partial charge in [0.2, 0.25) is 0 Å². The molecular weight excluding hydrogens is 380 g/mol. The highest BCUT2D eigenvalue weighted by molar-refractivity contribution is 6.08. The van der Waals surface area contributed by atoms with Crippen molar-refractivity contribution >= 4 is 17.9 Å². The van der Waals surface area contributed by atoms with Gasteiger partial charge < -0.3 is 10.1 Å². The van der Waals surface area contributed by atoms with E-state index in [1.165, 1.54) is 0 Å². The van der Waals surface area contributed by atoms with E-state index >= 15 is 0 Å². The molecule has 1 atom stereocenters. The Labute approximate surface area is 177 Å². The van der Waals surface area contributed by atoms with Crippen molar-refractivity contribution in [2.24, 2.45) is 5.92 Å². The fraction of sp³-hybridized carbons (Fsp3) is 0.375. The lowest BCUT2D eigenvalue weighted by molar-refractivity contribution is -0.148. The number of hydrogen-bond acceptors (Lipinski definition) is 4. The Morgan fingerprint density at radius 2 is 1.67 bits per heavy atom. The average Bonchev–Trinajstić information content (AvgIpc) is 2.95. The number of benzene rings is 2. The number of amides is 3.